The second-order valence-corrected chi connectivity index (χ2v) is 4.29. The van der Waals surface area contributed by atoms with Crippen molar-refractivity contribution >= 4 is 5.65 Å². The van der Waals surface area contributed by atoms with Crippen LogP contribution in [-0.2, 0) is 0 Å². The second kappa shape index (κ2) is 4.66. The molecule has 2 heterocycles. The quantitative estimate of drug-likeness (QED) is 0.855. The lowest BCUT2D eigenvalue weighted by atomic mass is 10.1. The van der Waals surface area contributed by atoms with E-state index in [4.69, 9.17) is 5.73 Å². The van der Waals surface area contributed by atoms with Gasteiger partial charge in [-0.2, -0.15) is 0 Å². The predicted molar refractivity (Wildman–Crippen MR) is 66.4 cm³/mol. The first kappa shape index (κ1) is 11.1. The van der Waals surface area contributed by atoms with Crippen LogP contribution in [0.15, 0.2) is 24.4 Å². The highest BCUT2D eigenvalue weighted by Crippen LogP contribution is 2.19. The van der Waals surface area contributed by atoms with Crippen LogP contribution in [0.2, 0.25) is 0 Å². The Morgan fingerprint density at radius 3 is 3.00 bits per heavy atom. The molecular weight excluding hydrogens is 198 g/mol. The molecule has 86 valence electrons. The summed E-state index contributed by atoms with van der Waals surface area (Å²) in [5.74, 6) is 0. The van der Waals surface area contributed by atoms with Crippen molar-refractivity contribution < 1.29 is 0 Å². The molecule has 2 rings (SSSR count). The number of nitrogens with two attached hydrogens (primary N) is 1. The van der Waals surface area contributed by atoms with Crippen LogP contribution in [-0.4, -0.2) is 9.38 Å². The van der Waals surface area contributed by atoms with Crippen molar-refractivity contribution in [3.63, 3.8) is 0 Å². The third-order valence-electron chi connectivity index (χ3n) is 3.00. The summed E-state index contributed by atoms with van der Waals surface area (Å²) < 4.78 is 2.15. The zero-order chi connectivity index (χ0) is 11.5. The number of unbranched alkanes of at least 4 members (excludes halogenated alkanes) is 1. The molecule has 0 saturated carbocycles. The first-order chi connectivity index (χ1) is 7.74. The molecule has 0 aromatic carbocycles. The number of aryl methyl sites for hydroxylation is 1. The monoisotopic (exact) mass is 217 g/mol. The number of hydrogen-bond donors (Lipinski definition) is 1. The van der Waals surface area contributed by atoms with E-state index in [0.717, 1.165) is 17.8 Å². The molecule has 1 unspecified atom stereocenters. The van der Waals surface area contributed by atoms with E-state index in [0.29, 0.717) is 0 Å². The molecule has 0 aliphatic carbocycles. The lowest BCUT2D eigenvalue weighted by Crippen LogP contribution is -2.13. The number of nitrogens with zero attached hydrogens (tertiary/aromatic N) is 2. The van der Waals surface area contributed by atoms with Gasteiger partial charge in [-0.25, -0.2) is 4.98 Å². The van der Waals surface area contributed by atoms with Gasteiger partial charge in [0.05, 0.1) is 11.9 Å². The molecule has 3 heteroatoms. The van der Waals surface area contributed by atoms with Gasteiger partial charge in [-0.3, -0.25) is 4.40 Å². The van der Waals surface area contributed by atoms with E-state index in [1.807, 2.05) is 18.3 Å². The van der Waals surface area contributed by atoms with E-state index in [9.17, 15) is 0 Å². The first-order valence-electron chi connectivity index (χ1n) is 5.92. The Hall–Kier alpha value is -1.35. The van der Waals surface area contributed by atoms with Crippen molar-refractivity contribution in [1.29, 1.82) is 0 Å². The number of rotatable bonds is 4. The van der Waals surface area contributed by atoms with E-state index in [1.54, 1.807) is 0 Å². The van der Waals surface area contributed by atoms with Gasteiger partial charge in [0.15, 0.2) is 0 Å². The van der Waals surface area contributed by atoms with Gasteiger partial charge in [-0.05, 0) is 25.5 Å². The second-order valence-electron chi connectivity index (χ2n) is 4.29. The SMILES string of the molecule is CCCCC(N)c1cnc2cccc(C)n12. The molecule has 2 aromatic rings. The van der Waals surface area contributed by atoms with Crippen LogP contribution < -0.4 is 5.73 Å². The Labute approximate surface area is 96.3 Å². The van der Waals surface area contributed by atoms with E-state index in [-0.39, 0.29) is 6.04 Å². The molecule has 0 radical (unpaired) electrons. The number of fused-ring (bicyclic) bond motifs is 1. The van der Waals surface area contributed by atoms with E-state index >= 15 is 0 Å². The average Bonchev–Trinajstić information content (AvgIpc) is 2.71. The fraction of sp³-hybridized carbons (Fsp3) is 0.462. The van der Waals surface area contributed by atoms with Crippen molar-refractivity contribution in [2.24, 2.45) is 5.73 Å². The maximum absolute atomic E-state index is 6.20. The smallest absolute Gasteiger partial charge is 0.137 e. The number of hydrogen-bond acceptors (Lipinski definition) is 2. The summed E-state index contributed by atoms with van der Waals surface area (Å²) >= 11 is 0. The van der Waals surface area contributed by atoms with Crippen molar-refractivity contribution in [3.05, 3.63) is 35.8 Å². The minimum atomic E-state index is 0.0936. The maximum Gasteiger partial charge on any atom is 0.137 e. The Bertz CT molecular complexity index is 473. The van der Waals surface area contributed by atoms with Gasteiger partial charge in [-0.15, -0.1) is 0 Å². The molecule has 0 bridgehead atoms. The van der Waals surface area contributed by atoms with E-state index < -0.39 is 0 Å². The van der Waals surface area contributed by atoms with Crippen LogP contribution in [0.5, 0.6) is 0 Å². The first-order valence-corrected chi connectivity index (χ1v) is 5.92. The molecule has 1 atom stereocenters. The van der Waals surface area contributed by atoms with Crippen LogP contribution in [0.1, 0.15) is 43.6 Å². The fourth-order valence-electron chi connectivity index (χ4n) is 2.06. The van der Waals surface area contributed by atoms with Gasteiger partial charge in [0.2, 0.25) is 0 Å². The summed E-state index contributed by atoms with van der Waals surface area (Å²) in [7, 11) is 0. The van der Waals surface area contributed by atoms with Crippen molar-refractivity contribution in [2.45, 2.75) is 39.2 Å². The van der Waals surface area contributed by atoms with Crippen LogP contribution >= 0.6 is 0 Å². The van der Waals surface area contributed by atoms with Gasteiger partial charge in [0.25, 0.3) is 0 Å². The van der Waals surface area contributed by atoms with E-state index in [2.05, 4.69) is 29.3 Å². The van der Waals surface area contributed by atoms with Crippen molar-refractivity contribution in [2.75, 3.05) is 0 Å². The maximum atomic E-state index is 6.20. The fourth-order valence-corrected chi connectivity index (χ4v) is 2.06. The highest BCUT2D eigenvalue weighted by Gasteiger charge is 2.12. The zero-order valence-electron chi connectivity index (χ0n) is 9.98. The minimum absolute atomic E-state index is 0.0936. The number of imidazole rings is 1. The normalized spacial score (nSPS) is 13.2. The summed E-state index contributed by atoms with van der Waals surface area (Å²) in [5, 5.41) is 0. The highest BCUT2D eigenvalue weighted by atomic mass is 15.0. The summed E-state index contributed by atoms with van der Waals surface area (Å²) in [6.45, 7) is 4.27. The van der Waals surface area contributed by atoms with Crippen molar-refractivity contribution in [3.8, 4) is 0 Å². The lowest BCUT2D eigenvalue weighted by Gasteiger charge is -2.12. The van der Waals surface area contributed by atoms with Gasteiger partial charge < -0.3 is 5.73 Å². The standard InChI is InChI=1S/C13H19N3/c1-3-4-7-11(14)12-9-15-13-8-5-6-10(2)16(12)13/h5-6,8-9,11H,3-4,7,14H2,1-2H3. The molecule has 0 aliphatic heterocycles. The van der Waals surface area contributed by atoms with Crippen LogP contribution in [0.3, 0.4) is 0 Å². The zero-order valence-corrected chi connectivity index (χ0v) is 9.98. The predicted octanol–water partition coefficient (Wildman–Crippen LogP) is 2.83. The Morgan fingerprint density at radius 1 is 1.44 bits per heavy atom. The van der Waals surface area contributed by atoms with Gasteiger partial charge in [-0.1, -0.05) is 25.8 Å². The van der Waals surface area contributed by atoms with Gasteiger partial charge >= 0.3 is 0 Å². The molecule has 0 aliphatic rings. The minimum Gasteiger partial charge on any atom is -0.323 e. The third kappa shape index (κ3) is 1.95. The Balaban J connectivity index is 2.37. The van der Waals surface area contributed by atoms with Crippen LogP contribution in [0, 0.1) is 6.92 Å². The third-order valence-corrected chi connectivity index (χ3v) is 3.00. The Kier molecular flexibility index (Phi) is 3.25. The molecule has 16 heavy (non-hydrogen) atoms. The number of pyridine rings is 1. The molecule has 2 aromatic heterocycles. The molecule has 3 nitrogen and oxygen atoms in total. The molecule has 0 spiro atoms. The van der Waals surface area contributed by atoms with Gasteiger partial charge in [0.1, 0.15) is 5.65 Å². The van der Waals surface area contributed by atoms with Crippen LogP contribution in [0.4, 0.5) is 0 Å². The lowest BCUT2D eigenvalue weighted by molar-refractivity contribution is 0.585. The largest absolute Gasteiger partial charge is 0.323 e. The topological polar surface area (TPSA) is 43.3 Å². The molecule has 0 saturated heterocycles. The van der Waals surface area contributed by atoms with Crippen LogP contribution in [0.25, 0.3) is 5.65 Å². The molecule has 0 amide bonds. The number of aromatic nitrogens is 2. The van der Waals surface area contributed by atoms with Crippen molar-refractivity contribution in [1.82, 2.24) is 9.38 Å². The Morgan fingerprint density at radius 2 is 2.25 bits per heavy atom. The average molecular weight is 217 g/mol. The van der Waals surface area contributed by atoms with E-state index in [1.165, 1.54) is 18.5 Å². The molecule has 0 fully saturated rings. The summed E-state index contributed by atoms with van der Waals surface area (Å²) in [5.41, 5.74) is 9.51. The summed E-state index contributed by atoms with van der Waals surface area (Å²) in [6.07, 6.45) is 5.28. The van der Waals surface area contributed by atoms with Gasteiger partial charge in [0, 0.05) is 11.7 Å². The summed E-state index contributed by atoms with van der Waals surface area (Å²) in [6, 6.07) is 6.23. The molecule has 2 N–H and O–H groups in total. The highest BCUT2D eigenvalue weighted by molar-refractivity contribution is 5.42. The summed E-state index contributed by atoms with van der Waals surface area (Å²) in [4.78, 5) is 4.39. The molecular formula is C13H19N3.